The lowest BCUT2D eigenvalue weighted by atomic mass is 10.2. The van der Waals surface area contributed by atoms with Crippen molar-refractivity contribution in [2.75, 3.05) is 11.1 Å². The molecule has 2 rings (SSSR count). The molecule has 0 saturated heterocycles. The third-order valence-electron chi connectivity index (χ3n) is 2.66. The molecule has 0 radical (unpaired) electrons. The van der Waals surface area contributed by atoms with Crippen LogP contribution in [0.15, 0.2) is 29.7 Å². The van der Waals surface area contributed by atoms with E-state index in [1.807, 2.05) is 0 Å². The fourth-order valence-electron chi connectivity index (χ4n) is 1.77. The van der Waals surface area contributed by atoms with Crippen LogP contribution in [-0.2, 0) is 9.84 Å². The van der Waals surface area contributed by atoms with Crippen molar-refractivity contribution in [2.24, 2.45) is 0 Å². The van der Waals surface area contributed by atoms with Crippen LogP contribution in [0, 0.1) is 20.2 Å². The summed E-state index contributed by atoms with van der Waals surface area (Å²) in [5.41, 5.74) is -0.846. The van der Waals surface area contributed by atoms with Gasteiger partial charge in [-0.05, 0) is 6.07 Å². The minimum absolute atomic E-state index is 0.0346. The van der Waals surface area contributed by atoms with Gasteiger partial charge < -0.3 is 5.32 Å². The molecule has 9 nitrogen and oxygen atoms in total. The molecular weight excluding hydrogens is 290 g/mol. The number of non-ortho nitro benzene ring substituents is 1. The SMILES string of the molecule is O=[N+]([O-])c1ccc(NC2C=CS(=O)(=O)C2)c([N+](=O)[O-])c1. The maximum absolute atomic E-state index is 11.2. The minimum atomic E-state index is -3.29. The highest BCUT2D eigenvalue weighted by molar-refractivity contribution is 7.94. The van der Waals surface area contributed by atoms with Gasteiger partial charge >= 0.3 is 0 Å². The topological polar surface area (TPSA) is 132 Å². The summed E-state index contributed by atoms with van der Waals surface area (Å²) in [5.74, 6) is -0.207. The lowest BCUT2D eigenvalue weighted by molar-refractivity contribution is -0.393. The van der Waals surface area contributed by atoms with Gasteiger partial charge in [-0.3, -0.25) is 20.2 Å². The average molecular weight is 299 g/mol. The van der Waals surface area contributed by atoms with E-state index in [9.17, 15) is 28.6 Å². The fourth-order valence-corrected chi connectivity index (χ4v) is 3.01. The van der Waals surface area contributed by atoms with Crippen molar-refractivity contribution in [1.29, 1.82) is 0 Å². The molecule has 106 valence electrons. The first-order chi connectivity index (χ1) is 9.28. The second-order valence-electron chi connectivity index (χ2n) is 4.12. The predicted octanol–water partition coefficient (Wildman–Crippen LogP) is 1.23. The molecule has 1 heterocycles. The molecule has 10 heteroatoms. The van der Waals surface area contributed by atoms with E-state index in [4.69, 9.17) is 0 Å². The number of nitrogens with one attached hydrogen (secondary N) is 1. The number of sulfone groups is 1. The van der Waals surface area contributed by atoms with Crippen LogP contribution in [0.1, 0.15) is 0 Å². The van der Waals surface area contributed by atoms with E-state index in [2.05, 4.69) is 5.32 Å². The first-order valence-electron chi connectivity index (χ1n) is 5.39. The molecule has 0 spiro atoms. The van der Waals surface area contributed by atoms with E-state index in [1.54, 1.807) is 0 Å². The summed E-state index contributed by atoms with van der Waals surface area (Å²) in [6.45, 7) is 0. The molecule has 0 saturated carbocycles. The largest absolute Gasteiger partial charge is 0.372 e. The first-order valence-corrected chi connectivity index (χ1v) is 7.10. The Balaban J connectivity index is 2.30. The standard InChI is InChI=1S/C10H9N3O6S/c14-12(15)8-1-2-9(10(5-8)13(16)17)11-7-3-4-20(18,19)6-7/h1-5,7,11H,6H2. The van der Waals surface area contributed by atoms with Gasteiger partial charge in [0.25, 0.3) is 11.4 Å². The van der Waals surface area contributed by atoms with Crippen LogP contribution >= 0.6 is 0 Å². The predicted molar refractivity (Wildman–Crippen MR) is 70.1 cm³/mol. The summed E-state index contributed by atoms with van der Waals surface area (Å²) in [4.78, 5) is 20.0. The molecule has 0 aromatic heterocycles. The van der Waals surface area contributed by atoms with E-state index in [0.29, 0.717) is 0 Å². The van der Waals surface area contributed by atoms with E-state index >= 15 is 0 Å². The zero-order valence-corrected chi connectivity index (χ0v) is 10.7. The maximum atomic E-state index is 11.2. The van der Waals surface area contributed by atoms with Gasteiger partial charge in [0.05, 0.1) is 27.7 Å². The number of benzene rings is 1. The van der Waals surface area contributed by atoms with Crippen molar-refractivity contribution in [3.05, 3.63) is 49.9 Å². The smallest absolute Gasteiger partial charge is 0.299 e. The molecule has 20 heavy (non-hydrogen) atoms. The Kier molecular flexibility index (Phi) is 3.40. The molecule has 0 aliphatic carbocycles. The molecule has 1 unspecified atom stereocenters. The van der Waals surface area contributed by atoms with Crippen molar-refractivity contribution in [1.82, 2.24) is 0 Å². The molecule has 0 amide bonds. The summed E-state index contributed by atoms with van der Waals surface area (Å²) < 4.78 is 22.5. The van der Waals surface area contributed by atoms with E-state index in [1.165, 1.54) is 12.1 Å². The van der Waals surface area contributed by atoms with Crippen molar-refractivity contribution < 1.29 is 18.3 Å². The van der Waals surface area contributed by atoms with Gasteiger partial charge in [0.1, 0.15) is 5.69 Å². The number of anilines is 1. The summed E-state index contributed by atoms with van der Waals surface area (Å²) in [5, 5.41) is 25.2. The summed E-state index contributed by atoms with van der Waals surface area (Å²) >= 11 is 0. The van der Waals surface area contributed by atoms with Gasteiger partial charge in [-0.1, -0.05) is 6.08 Å². The lowest BCUT2D eigenvalue weighted by Gasteiger charge is -2.11. The van der Waals surface area contributed by atoms with E-state index in [0.717, 1.165) is 17.5 Å². The number of rotatable bonds is 4. The maximum Gasteiger partial charge on any atom is 0.299 e. The molecule has 0 bridgehead atoms. The van der Waals surface area contributed by atoms with Crippen LogP contribution in [0.25, 0.3) is 0 Å². The molecule has 1 aliphatic heterocycles. The third kappa shape index (κ3) is 2.91. The highest BCUT2D eigenvalue weighted by Gasteiger charge is 2.25. The van der Waals surface area contributed by atoms with Crippen molar-refractivity contribution in [3.63, 3.8) is 0 Å². The molecule has 1 N–H and O–H groups in total. The Labute approximate surface area is 113 Å². The van der Waals surface area contributed by atoms with Crippen LogP contribution in [0.3, 0.4) is 0 Å². The van der Waals surface area contributed by atoms with Crippen molar-refractivity contribution in [3.8, 4) is 0 Å². The molecule has 1 aromatic carbocycles. The summed E-state index contributed by atoms with van der Waals surface area (Å²) in [7, 11) is -3.29. The number of nitro benzene ring substituents is 2. The Hall–Kier alpha value is -2.49. The molecule has 1 atom stereocenters. The first kappa shape index (κ1) is 13.9. The number of hydrogen-bond donors (Lipinski definition) is 1. The van der Waals surface area contributed by atoms with E-state index in [-0.39, 0.29) is 11.4 Å². The summed E-state index contributed by atoms with van der Waals surface area (Å²) in [6.07, 6.45) is 1.38. The van der Waals surface area contributed by atoms with Gasteiger partial charge in [0.2, 0.25) is 0 Å². The van der Waals surface area contributed by atoms with Crippen LogP contribution in [0.4, 0.5) is 17.1 Å². The van der Waals surface area contributed by atoms with Gasteiger partial charge in [-0.15, -0.1) is 0 Å². The molecular formula is C10H9N3O6S. The van der Waals surface area contributed by atoms with Gasteiger partial charge in [-0.2, -0.15) is 0 Å². The van der Waals surface area contributed by atoms with Gasteiger partial charge in [0, 0.05) is 11.5 Å². The average Bonchev–Trinajstić information content (AvgIpc) is 2.68. The van der Waals surface area contributed by atoms with Crippen LogP contribution in [0.5, 0.6) is 0 Å². The van der Waals surface area contributed by atoms with Crippen LogP contribution in [-0.4, -0.2) is 30.1 Å². The number of hydrogen-bond acceptors (Lipinski definition) is 7. The number of nitrogens with zero attached hydrogens (tertiary/aromatic N) is 2. The molecule has 1 aliphatic rings. The van der Waals surface area contributed by atoms with Gasteiger partial charge in [-0.25, -0.2) is 8.42 Å². The van der Waals surface area contributed by atoms with E-state index < -0.39 is 37.1 Å². The Morgan fingerprint density at radius 3 is 2.40 bits per heavy atom. The normalized spacial score (nSPS) is 19.7. The van der Waals surface area contributed by atoms with Gasteiger partial charge in [0.15, 0.2) is 9.84 Å². The zero-order chi connectivity index (χ0) is 14.9. The number of nitro groups is 2. The van der Waals surface area contributed by atoms with Crippen LogP contribution in [0.2, 0.25) is 0 Å². The van der Waals surface area contributed by atoms with Crippen molar-refractivity contribution in [2.45, 2.75) is 6.04 Å². The lowest BCUT2D eigenvalue weighted by Crippen LogP contribution is -2.21. The second kappa shape index (κ2) is 4.89. The second-order valence-corrected chi connectivity index (χ2v) is 6.06. The third-order valence-corrected chi connectivity index (χ3v) is 4.06. The zero-order valence-electron chi connectivity index (χ0n) is 9.92. The fraction of sp³-hybridized carbons (Fsp3) is 0.200. The highest BCUT2D eigenvalue weighted by Crippen LogP contribution is 2.30. The Morgan fingerprint density at radius 2 is 1.90 bits per heavy atom. The minimum Gasteiger partial charge on any atom is -0.372 e. The van der Waals surface area contributed by atoms with Crippen LogP contribution < -0.4 is 5.32 Å². The summed E-state index contributed by atoms with van der Waals surface area (Å²) in [6, 6.07) is 2.53. The molecule has 1 aromatic rings. The quantitative estimate of drug-likeness (QED) is 0.652. The Bertz CT molecular complexity index is 712. The monoisotopic (exact) mass is 299 g/mol. The highest BCUT2D eigenvalue weighted by atomic mass is 32.2. The Morgan fingerprint density at radius 1 is 1.20 bits per heavy atom. The van der Waals surface area contributed by atoms with Crippen molar-refractivity contribution >= 4 is 26.9 Å². The molecule has 0 fully saturated rings.